The zero-order chi connectivity index (χ0) is 15.6. The van der Waals surface area contributed by atoms with E-state index in [2.05, 4.69) is 61.2 Å². The lowest BCUT2D eigenvalue weighted by Crippen LogP contribution is -1.98. The Labute approximate surface area is 137 Å². The molecule has 0 aliphatic carbocycles. The summed E-state index contributed by atoms with van der Waals surface area (Å²) in [4.78, 5) is 10.9. The van der Waals surface area contributed by atoms with E-state index in [4.69, 9.17) is 0 Å². The van der Waals surface area contributed by atoms with E-state index in [1.165, 1.54) is 11.1 Å². The highest BCUT2D eigenvalue weighted by atomic mass is 32.1. The van der Waals surface area contributed by atoms with E-state index >= 15 is 0 Å². The smallest absolute Gasteiger partial charge is 0.172 e. The minimum atomic E-state index is 0.0731. The van der Waals surface area contributed by atoms with Gasteiger partial charge in [0.15, 0.2) is 5.78 Å². The first-order valence-electron chi connectivity index (χ1n) is 7.11. The van der Waals surface area contributed by atoms with Crippen LogP contribution in [0.3, 0.4) is 0 Å². The Balaban J connectivity index is 0.000000164. The van der Waals surface area contributed by atoms with Gasteiger partial charge < -0.3 is 0 Å². The summed E-state index contributed by atoms with van der Waals surface area (Å²) in [6.07, 6.45) is 0. The molecule has 0 aromatic heterocycles. The Morgan fingerprint density at radius 2 is 1.00 bits per heavy atom. The molecule has 0 fully saturated rings. The lowest BCUT2D eigenvalue weighted by atomic mass is 10.1. The summed E-state index contributed by atoms with van der Waals surface area (Å²) >= 11 is 3.88. The molecular formula is C20H18OS. The quantitative estimate of drug-likeness (QED) is 0.523. The molecule has 3 aromatic rings. The van der Waals surface area contributed by atoms with Crippen molar-refractivity contribution >= 4 is 18.4 Å². The number of hydrogen-bond acceptors (Lipinski definition) is 2. The highest BCUT2D eigenvalue weighted by molar-refractivity contribution is 7.81. The second-order valence-electron chi connectivity index (χ2n) is 4.68. The van der Waals surface area contributed by atoms with Crippen molar-refractivity contribution in [2.45, 2.75) is 0 Å². The maximum Gasteiger partial charge on any atom is 0.172 e. The molecular weight excluding hydrogens is 288 g/mol. The van der Waals surface area contributed by atoms with Crippen LogP contribution in [0.25, 0.3) is 11.1 Å². The number of hydrogen-bond donors (Lipinski definition) is 1. The topological polar surface area (TPSA) is 17.1 Å². The number of carbonyl (C=O) groups is 1. The average Bonchev–Trinajstić information content (AvgIpc) is 2.64. The highest BCUT2D eigenvalue weighted by Gasteiger charge is 1.99. The van der Waals surface area contributed by atoms with E-state index < -0.39 is 0 Å². The Hall–Kier alpha value is -2.32. The molecule has 110 valence electrons. The van der Waals surface area contributed by atoms with E-state index in [1.54, 1.807) is 12.1 Å². The van der Waals surface area contributed by atoms with E-state index in [1.807, 2.05) is 30.3 Å². The first-order chi connectivity index (χ1) is 10.8. The summed E-state index contributed by atoms with van der Waals surface area (Å²) in [6.45, 7) is 0. The minimum Gasteiger partial charge on any atom is -0.293 e. The second-order valence-corrected chi connectivity index (χ2v) is 5.00. The first kappa shape index (κ1) is 16.1. The molecule has 0 aliphatic rings. The highest BCUT2D eigenvalue weighted by Crippen LogP contribution is 2.17. The fourth-order valence-electron chi connectivity index (χ4n) is 1.98. The van der Waals surface area contributed by atoms with Crippen LogP contribution >= 0.6 is 12.6 Å². The summed E-state index contributed by atoms with van der Waals surface area (Å²) in [6, 6.07) is 29.9. The molecule has 0 amide bonds. The zero-order valence-electron chi connectivity index (χ0n) is 12.2. The minimum absolute atomic E-state index is 0.0731. The average molecular weight is 306 g/mol. The van der Waals surface area contributed by atoms with Crippen molar-refractivity contribution in [2.24, 2.45) is 0 Å². The van der Waals surface area contributed by atoms with Gasteiger partial charge in [-0.25, -0.2) is 0 Å². The molecule has 3 rings (SSSR count). The van der Waals surface area contributed by atoms with Gasteiger partial charge in [0.25, 0.3) is 0 Å². The number of Topliss-reactive ketones (excluding diaryl/α,β-unsaturated/α-hetero) is 1. The molecule has 0 unspecified atom stereocenters. The number of ketones is 1. The molecule has 0 atom stereocenters. The largest absolute Gasteiger partial charge is 0.293 e. The number of carbonyl (C=O) groups excluding carboxylic acids is 1. The van der Waals surface area contributed by atoms with Gasteiger partial charge in [-0.1, -0.05) is 91.0 Å². The lowest BCUT2D eigenvalue weighted by molar-refractivity contribution is 0.102. The molecule has 3 aromatic carbocycles. The van der Waals surface area contributed by atoms with Gasteiger partial charge in [0.05, 0.1) is 5.75 Å². The standard InChI is InChI=1S/C12H10.C8H8OS/c1-3-7-11(8-4-1)12-9-5-2-6-10-12;9-8(6-10)7-4-2-1-3-5-7/h1-10H;1-5,10H,6H2. The fourth-order valence-corrected chi connectivity index (χ4v) is 2.16. The van der Waals surface area contributed by atoms with Gasteiger partial charge in [-0.3, -0.25) is 4.79 Å². The summed E-state index contributed by atoms with van der Waals surface area (Å²) in [5.41, 5.74) is 3.29. The molecule has 0 aliphatic heterocycles. The van der Waals surface area contributed by atoms with Gasteiger partial charge in [0.1, 0.15) is 0 Å². The van der Waals surface area contributed by atoms with Crippen molar-refractivity contribution < 1.29 is 4.79 Å². The van der Waals surface area contributed by atoms with E-state index in [0.717, 1.165) is 5.56 Å². The second kappa shape index (κ2) is 8.85. The Morgan fingerprint density at radius 3 is 1.36 bits per heavy atom. The predicted octanol–water partition coefficient (Wildman–Crippen LogP) is 5.15. The van der Waals surface area contributed by atoms with Gasteiger partial charge >= 0.3 is 0 Å². The van der Waals surface area contributed by atoms with E-state index in [9.17, 15) is 4.79 Å². The van der Waals surface area contributed by atoms with Crippen LogP contribution in [-0.4, -0.2) is 11.5 Å². The summed E-state index contributed by atoms with van der Waals surface area (Å²) < 4.78 is 0. The number of benzene rings is 3. The van der Waals surface area contributed by atoms with Crippen LogP contribution in [0.4, 0.5) is 0 Å². The van der Waals surface area contributed by atoms with Crippen molar-refractivity contribution in [3.05, 3.63) is 96.6 Å². The van der Waals surface area contributed by atoms with Crippen LogP contribution in [-0.2, 0) is 0 Å². The predicted molar refractivity (Wildman–Crippen MR) is 96.5 cm³/mol. The van der Waals surface area contributed by atoms with Crippen LogP contribution < -0.4 is 0 Å². The summed E-state index contributed by atoms with van der Waals surface area (Å²) in [5.74, 6) is 0.355. The van der Waals surface area contributed by atoms with Gasteiger partial charge in [0.2, 0.25) is 0 Å². The normalized spacial score (nSPS) is 9.50. The van der Waals surface area contributed by atoms with Crippen LogP contribution in [0, 0.1) is 0 Å². The van der Waals surface area contributed by atoms with Gasteiger partial charge in [-0.15, -0.1) is 0 Å². The van der Waals surface area contributed by atoms with Crippen molar-refractivity contribution in [3.63, 3.8) is 0 Å². The molecule has 22 heavy (non-hydrogen) atoms. The summed E-state index contributed by atoms with van der Waals surface area (Å²) in [7, 11) is 0. The van der Waals surface area contributed by atoms with Gasteiger partial charge in [-0.05, 0) is 11.1 Å². The van der Waals surface area contributed by atoms with Crippen LogP contribution in [0.15, 0.2) is 91.0 Å². The van der Waals surface area contributed by atoms with Gasteiger partial charge in [0, 0.05) is 5.56 Å². The molecule has 0 N–H and O–H groups in total. The molecule has 0 spiro atoms. The number of thiol groups is 1. The SMILES string of the molecule is O=C(CS)c1ccccc1.c1ccc(-c2ccccc2)cc1. The van der Waals surface area contributed by atoms with Crippen molar-refractivity contribution in [1.82, 2.24) is 0 Å². The molecule has 2 heteroatoms. The Kier molecular flexibility index (Phi) is 6.46. The van der Waals surface area contributed by atoms with E-state index in [-0.39, 0.29) is 11.5 Å². The van der Waals surface area contributed by atoms with Crippen LogP contribution in [0.5, 0.6) is 0 Å². The summed E-state index contributed by atoms with van der Waals surface area (Å²) in [5, 5.41) is 0. The molecule has 0 radical (unpaired) electrons. The van der Waals surface area contributed by atoms with Crippen molar-refractivity contribution in [3.8, 4) is 11.1 Å². The van der Waals surface area contributed by atoms with Crippen LogP contribution in [0.1, 0.15) is 10.4 Å². The third-order valence-electron chi connectivity index (χ3n) is 3.12. The fraction of sp³-hybridized carbons (Fsp3) is 0.0500. The maximum absolute atomic E-state index is 10.9. The zero-order valence-corrected chi connectivity index (χ0v) is 13.1. The Bertz CT molecular complexity index is 641. The number of rotatable bonds is 3. The molecule has 0 heterocycles. The lowest BCUT2D eigenvalue weighted by Gasteiger charge is -1.98. The first-order valence-corrected chi connectivity index (χ1v) is 7.74. The molecule has 0 saturated heterocycles. The monoisotopic (exact) mass is 306 g/mol. The van der Waals surface area contributed by atoms with Crippen molar-refractivity contribution in [1.29, 1.82) is 0 Å². The molecule has 1 nitrogen and oxygen atoms in total. The third kappa shape index (κ3) is 4.90. The molecule has 0 bridgehead atoms. The van der Waals surface area contributed by atoms with Crippen LogP contribution in [0.2, 0.25) is 0 Å². The van der Waals surface area contributed by atoms with Crippen molar-refractivity contribution in [2.75, 3.05) is 5.75 Å². The van der Waals surface area contributed by atoms with E-state index in [0.29, 0.717) is 0 Å². The Morgan fingerprint density at radius 1 is 0.636 bits per heavy atom. The van der Waals surface area contributed by atoms with Gasteiger partial charge in [-0.2, -0.15) is 12.6 Å². The maximum atomic E-state index is 10.9. The molecule has 0 saturated carbocycles. The third-order valence-corrected chi connectivity index (χ3v) is 3.41.